The first-order chi connectivity index (χ1) is 12.2. The van der Waals surface area contributed by atoms with Crippen molar-refractivity contribution in [3.05, 3.63) is 0 Å². The van der Waals surface area contributed by atoms with Gasteiger partial charge in [0.05, 0.1) is 26.2 Å². The van der Waals surface area contributed by atoms with Crippen LogP contribution in [0.15, 0.2) is 0 Å². The van der Waals surface area contributed by atoms with Gasteiger partial charge in [-0.3, -0.25) is 0 Å². The highest BCUT2D eigenvalue weighted by molar-refractivity contribution is 4.53. The van der Waals surface area contributed by atoms with Crippen LogP contribution >= 0.6 is 0 Å². The smallest absolute Gasteiger partial charge is 0.0786 e. The monoisotopic (exact) mass is 481 g/mol. The summed E-state index contributed by atoms with van der Waals surface area (Å²) in [5.41, 5.74) is 0. The molecule has 0 aromatic heterocycles. The number of halogens is 1. The fraction of sp³-hybridized carbons (Fsp3) is 1.00. The van der Waals surface area contributed by atoms with Crippen LogP contribution in [0.4, 0.5) is 0 Å². The zero-order valence-corrected chi connectivity index (χ0v) is 21.1. The molecule has 0 radical (unpaired) electrons. The molecule has 0 saturated heterocycles. The third-order valence-electron chi connectivity index (χ3n) is 5.94. The molecule has 1 nitrogen and oxygen atoms in total. The predicted molar refractivity (Wildman–Crippen MR) is 116 cm³/mol. The molecule has 0 atom stereocenters. The summed E-state index contributed by atoms with van der Waals surface area (Å²) in [5, 5.41) is 0. The molecule has 0 aliphatic heterocycles. The Balaban J connectivity index is 0. The maximum absolute atomic E-state index is 2.34. The number of hydrogen-bond acceptors (Lipinski definition) is 0. The second-order valence-electron chi connectivity index (χ2n) is 8.48. The van der Waals surface area contributed by atoms with Crippen molar-refractivity contribution in [2.45, 2.75) is 130 Å². The highest BCUT2D eigenvalue weighted by Gasteiger charge is 2.25. The Morgan fingerprint density at radius 1 is 0.346 bits per heavy atom. The summed E-state index contributed by atoms with van der Waals surface area (Å²) < 4.78 is 1.46. The average molecular weight is 482 g/mol. The van der Waals surface area contributed by atoms with Gasteiger partial charge in [0.25, 0.3) is 0 Å². The van der Waals surface area contributed by atoms with E-state index in [0.29, 0.717) is 0 Å². The Morgan fingerprint density at radius 2 is 0.577 bits per heavy atom. The molecule has 0 unspecified atom stereocenters. The standard InChI is InChI=1S/C24H52N.HI/c1-5-9-13-17-21-25(22-18-14-10-6-2,23-19-15-11-7-3)24-20-16-12-8-4;/h5-24H2,1-4H3;1H/q+1;/p-1. The molecule has 0 aromatic carbocycles. The molecule has 160 valence electrons. The van der Waals surface area contributed by atoms with Gasteiger partial charge in [0.2, 0.25) is 0 Å². The number of nitrogens with zero attached hydrogens (tertiary/aromatic N) is 1. The summed E-state index contributed by atoms with van der Waals surface area (Å²) >= 11 is 0. The van der Waals surface area contributed by atoms with Crippen molar-refractivity contribution in [2.24, 2.45) is 0 Å². The molecule has 26 heavy (non-hydrogen) atoms. The quantitative estimate of drug-likeness (QED) is 0.129. The molecule has 0 amide bonds. The van der Waals surface area contributed by atoms with Crippen LogP contribution < -0.4 is 24.0 Å². The minimum absolute atomic E-state index is 0. The zero-order valence-electron chi connectivity index (χ0n) is 19.0. The lowest BCUT2D eigenvalue weighted by atomic mass is 10.1. The maximum atomic E-state index is 2.34. The molecular weight excluding hydrogens is 429 g/mol. The van der Waals surface area contributed by atoms with Gasteiger partial charge in [-0.05, 0) is 51.4 Å². The molecular formula is C24H52IN. The van der Waals surface area contributed by atoms with Crippen molar-refractivity contribution >= 4 is 0 Å². The van der Waals surface area contributed by atoms with Gasteiger partial charge < -0.3 is 28.5 Å². The summed E-state index contributed by atoms with van der Waals surface area (Å²) in [4.78, 5) is 0. The van der Waals surface area contributed by atoms with Gasteiger partial charge in [0.15, 0.2) is 0 Å². The van der Waals surface area contributed by atoms with Crippen LogP contribution in [0.5, 0.6) is 0 Å². The van der Waals surface area contributed by atoms with E-state index in [1.165, 1.54) is 133 Å². The zero-order chi connectivity index (χ0) is 18.6. The SMILES string of the molecule is CCCCCC[N+](CCCCCC)(CCCCCC)CCCCCC.[I-]. The Hall–Kier alpha value is 0.690. The predicted octanol–water partition coefficient (Wildman–Crippen LogP) is 5.13. The lowest BCUT2D eigenvalue weighted by Gasteiger charge is -2.39. The maximum Gasteiger partial charge on any atom is 0.0786 e. The van der Waals surface area contributed by atoms with Gasteiger partial charge in [0, 0.05) is 0 Å². The van der Waals surface area contributed by atoms with Crippen molar-refractivity contribution < 1.29 is 28.5 Å². The topological polar surface area (TPSA) is 0 Å². The average Bonchev–Trinajstić information content (AvgIpc) is 2.63. The van der Waals surface area contributed by atoms with Crippen LogP contribution in [0.3, 0.4) is 0 Å². The van der Waals surface area contributed by atoms with Crippen LogP contribution in [-0.2, 0) is 0 Å². The van der Waals surface area contributed by atoms with Crippen molar-refractivity contribution in [3.8, 4) is 0 Å². The van der Waals surface area contributed by atoms with E-state index in [0.717, 1.165) is 0 Å². The van der Waals surface area contributed by atoms with E-state index in [4.69, 9.17) is 0 Å². The molecule has 0 rings (SSSR count). The van der Waals surface area contributed by atoms with E-state index in [9.17, 15) is 0 Å². The van der Waals surface area contributed by atoms with Gasteiger partial charge in [-0.15, -0.1) is 0 Å². The molecule has 2 heteroatoms. The third kappa shape index (κ3) is 16.8. The highest BCUT2D eigenvalue weighted by atomic mass is 127. The summed E-state index contributed by atoms with van der Waals surface area (Å²) in [6.45, 7) is 15.2. The summed E-state index contributed by atoms with van der Waals surface area (Å²) in [5.74, 6) is 0. The van der Waals surface area contributed by atoms with E-state index < -0.39 is 0 Å². The van der Waals surface area contributed by atoms with Crippen molar-refractivity contribution in [2.75, 3.05) is 26.2 Å². The first-order valence-electron chi connectivity index (χ1n) is 12.1. The minimum atomic E-state index is 0. The number of unbranched alkanes of at least 4 members (excludes halogenated alkanes) is 12. The number of hydrogen-bond donors (Lipinski definition) is 0. The molecule has 0 fully saturated rings. The minimum Gasteiger partial charge on any atom is -1.00 e. The van der Waals surface area contributed by atoms with E-state index in [1.54, 1.807) is 0 Å². The second-order valence-corrected chi connectivity index (χ2v) is 8.48. The van der Waals surface area contributed by atoms with E-state index >= 15 is 0 Å². The van der Waals surface area contributed by atoms with E-state index in [-0.39, 0.29) is 24.0 Å². The normalized spacial score (nSPS) is 11.5. The van der Waals surface area contributed by atoms with Gasteiger partial charge in [-0.1, -0.05) is 79.1 Å². The number of rotatable bonds is 20. The van der Waals surface area contributed by atoms with Crippen molar-refractivity contribution in [1.82, 2.24) is 0 Å². The lowest BCUT2D eigenvalue weighted by Crippen LogP contribution is -3.00. The molecule has 0 heterocycles. The largest absolute Gasteiger partial charge is 1.00 e. The summed E-state index contributed by atoms with van der Waals surface area (Å²) in [6, 6.07) is 0. The Labute approximate surface area is 184 Å². The van der Waals surface area contributed by atoms with Crippen LogP contribution in [0.1, 0.15) is 130 Å². The van der Waals surface area contributed by atoms with Gasteiger partial charge in [0.1, 0.15) is 0 Å². The number of quaternary nitrogens is 1. The summed E-state index contributed by atoms with van der Waals surface area (Å²) in [7, 11) is 0. The molecule has 0 aliphatic carbocycles. The van der Waals surface area contributed by atoms with Crippen LogP contribution in [0, 0.1) is 0 Å². The Bertz CT molecular complexity index is 201. The first-order valence-corrected chi connectivity index (χ1v) is 12.1. The van der Waals surface area contributed by atoms with Crippen LogP contribution in [0.25, 0.3) is 0 Å². The van der Waals surface area contributed by atoms with Gasteiger partial charge in [-0.25, -0.2) is 0 Å². The molecule has 0 saturated carbocycles. The molecule has 0 bridgehead atoms. The first kappa shape index (κ1) is 28.9. The summed E-state index contributed by atoms with van der Waals surface area (Å²) in [6.07, 6.45) is 22.8. The Kier molecular flexibility index (Phi) is 24.4. The molecule has 0 N–H and O–H groups in total. The molecule has 0 aromatic rings. The lowest BCUT2D eigenvalue weighted by molar-refractivity contribution is -0.929. The molecule has 0 spiro atoms. The van der Waals surface area contributed by atoms with Crippen molar-refractivity contribution in [1.29, 1.82) is 0 Å². The van der Waals surface area contributed by atoms with Crippen LogP contribution in [-0.4, -0.2) is 30.7 Å². The Morgan fingerprint density at radius 3 is 0.769 bits per heavy atom. The van der Waals surface area contributed by atoms with E-state index in [1.807, 2.05) is 0 Å². The van der Waals surface area contributed by atoms with E-state index in [2.05, 4.69) is 27.7 Å². The fourth-order valence-corrected chi connectivity index (χ4v) is 4.17. The molecule has 0 aliphatic rings. The van der Waals surface area contributed by atoms with Crippen LogP contribution in [0.2, 0.25) is 0 Å². The highest BCUT2D eigenvalue weighted by Crippen LogP contribution is 2.19. The second kappa shape index (κ2) is 22.0. The van der Waals surface area contributed by atoms with Gasteiger partial charge in [-0.2, -0.15) is 0 Å². The fourth-order valence-electron chi connectivity index (χ4n) is 4.17. The van der Waals surface area contributed by atoms with Gasteiger partial charge >= 0.3 is 0 Å². The third-order valence-corrected chi connectivity index (χ3v) is 5.94. The van der Waals surface area contributed by atoms with Crippen molar-refractivity contribution in [3.63, 3.8) is 0 Å².